The third-order valence-corrected chi connectivity index (χ3v) is 6.03. The SMILES string of the molecule is O=C(Cc1ccccc1)NC(Cc1ccccc1)C(=O)Nc1nnc(-c2ccc(Cl)cc2)s1. The van der Waals surface area contributed by atoms with E-state index in [-0.39, 0.29) is 18.2 Å². The number of halogens is 1. The highest BCUT2D eigenvalue weighted by atomic mass is 35.5. The number of carbonyl (C=O) groups excluding carboxylic acids is 2. The van der Waals surface area contributed by atoms with Crippen molar-refractivity contribution in [2.45, 2.75) is 18.9 Å². The number of nitrogens with zero attached hydrogens (tertiary/aromatic N) is 2. The van der Waals surface area contributed by atoms with Gasteiger partial charge in [-0.1, -0.05) is 95.7 Å². The van der Waals surface area contributed by atoms with Gasteiger partial charge in [-0.2, -0.15) is 0 Å². The molecule has 1 atom stereocenters. The lowest BCUT2D eigenvalue weighted by Crippen LogP contribution is -2.45. The molecule has 0 spiro atoms. The smallest absolute Gasteiger partial charge is 0.249 e. The molecule has 1 aromatic heterocycles. The summed E-state index contributed by atoms with van der Waals surface area (Å²) in [6, 6.07) is 25.5. The molecule has 2 amide bonds. The first-order chi connectivity index (χ1) is 16.1. The van der Waals surface area contributed by atoms with Gasteiger partial charge >= 0.3 is 0 Å². The Labute approximate surface area is 200 Å². The zero-order valence-electron chi connectivity index (χ0n) is 17.6. The molecule has 1 unspecified atom stereocenters. The van der Waals surface area contributed by atoms with Crippen LogP contribution in [0.25, 0.3) is 10.6 Å². The van der Waals surface area contributed by atoms with E-state index in [0.717, 1.165) is 16.7 Å². The Morgan fingerprint density at radius 1 is 0.848 bits per heavy atom. The Morgan fingerprint density at radius 2 is 1.48 bits per heavy atom. The normalized spacial score (nSPS) is 11.5. The number of amides is 2. The minimum Gasteiger partial charge on any atom is -0.344 e. The van der Waals surface area contributed by atoms with Crippen molar-refractivity contribution in [3.05, 3.63) is 101 Å². The summed E-state index contributed by atoms with van der Waals surface area (Å²) < 4.78 is 0. The van der Waals surface area contributed by atoms with Crippen molar-refractivity contribution >= 4 is 39.9 Å². The van der Waals surface area contributed by atoms with Crippen LogP contribution in [0.3, 0.4) is 0 Å². The molecular weight excluding hydrogens is 456 g/mol. The van der Waals surface area contributed by atoms with Crippen LogP contribution in [0.15, 0.2) is 84.9 Å². The van der Waals surface area contributed by atoms with Crippen molar-refractivity contribution in [1.82, 2.24) is 15.5 Å². The summed E-state index contributed by atoms with van der Waals surface area (Å²) in [5.41, 5.74) is 2.68. The largest absolute Gasteiger partial charge is 0.344 e. The molecule has 0 fully saturated rings. The molecule has 0 aliphatic rings. The Morgan fingerprint density at radius 3 is 2.15 bits per heavy atom. The Kier molecular flexibility index (Phi) is 7.44. The second-order valence-corrected chi connectivity index (χ2v) is 8.79. The lowest BCUT2D eigenvalue weighted by atomic mass is 10.0. The Balaban J connectivity index is 1.46. The first kappa shape index (κ1) is 22.6. The predicted molar refractivity (Wildman–Crippen MR) is 131 cm³/mol. The summed E-state index contributed by atoms with van der Waals surface area (Å²) in [5, 5.41) is 15.6. The molecule has 1 heterocycles. The van der Waals surface area contributed by atoms with E-state index < -0.39 is 6.04 Å². The molecule has 4 aromatic rings. The van der Waals surface area contributed by atoms with Gasteiger partial charge in [0.1, 0.15) is 11.0 Å². The fourth-order valence-electron chi connectivity index (χ4n) is 3.26. The first-order valence-electron chi connectivity index (χ1n) is 10.3. The van der Waals surface area contributed by atoms with Gasteiger partial charge in [-0.25, -0.2) is 0 Å². The number of carbonyl (C=O) groups is 2. The average molecular weight is 477 g/mol. The Bertz CT molecular complexity index is 1210. The zero-order chi connectivity index (χ0) is 23.0. The molecular formula is C25H21ClN4O2S. The standard InChI is InChI=1S/C25H21ClN4O2S/c26-20-13-11-19(12-14-20)24-29-30-25(33-24)28-23(32)21(15-17-7-3-1-4-8-17)27-22(31)16-18-9-5-2-6-10-18/h1-14,21H,15-16H2,(H,27,31)(H,28,30,32). The van der Waals surface area contributed by atoms with Gasteiger partial charge < -0.3 is 5.32 Å². The van der Waals surface area contributed by atoms with Crippen LogP contribution < -0.4 is 10.6 Å². The van der Waals surface area contributed by atoms with E-state index in [1.165, 1.54) is 11.3 Å². The van der Waals surface area contributed by atoms with E-state index in [1.54, 1.807) is 12.1 Å². The van der Waals surface area contributed by atoms with Crippen molar-refractivity contribution in [2.24, 2.45) is 0 Å². The summed E-state index contributed by atoms with van der Waals surface area (Å²) in [6.07, 6.45) is 0.551. The van der Waals surface area contributed by atoms with Crippen LogP contribution in [0.4, 0.5) is 5.13 Å². The molecule has 0 saturated carbocycles. The maximum Gasteiger partial charge on any atom is 0.249 e. The molecule has 4 rings (SSSR count). The topological polar surface area (TPSA) is 84.0 Å². The molecule has 3 aromatic carbocycles. The zero-order valence-corrected chi connectivity index (χ0v) is 19.1. The maximum atomic E-state index is 13.1. The highest BCUT2D eigenvalue weighted by Crippen LogP contribution is 2.27. The quantitative estimate of drug-likeness (QED) is 0.384. The van der Waals surface area contributed by atoms with Crippen LogP contribution in [0.5, 0.6) is 0 Å². The number of hydrogen-bond acceptors (Lipinski definition) is 5. The number of rotatable bonds is 8. The van der Waals surface area contributed by atoms with Crippen LogP contribution in [-0.2, 0) is 22.4 Å². The number of anilines is 1. The molecule has 8 heteroatoms. The van der Waals surface area contributed by atoms with E-state index in [1.807, 2.05) is 72.8 Å². The molecule has 166 valence electrons. The highest BCUT2D eigenvalue weighted by Gasteiger charge is 2.23. The number of aromatic nitrogens is 2. The molecule has 0 radical (unpaired) electrons. The van der Waals surface area contributed by atoms with Crippen molar-refractivity contribution in [3.63, 3.8) is 0 Å². The summed E-state index contributed by atoms with van der Waals surface area (Å²) in [5.74, 6) is -0.574. The van der Waals surface area contributed by atoms with Gasteiger partial charge in [0.2, 0.25) is 16.9 Å². The third-order valence-electron chi connectivity index (χ3n) is 4.89. The van der Waals surface area contributed by atoms with Crippen LogP contribution in [0.2, 0.25) is 5.02 Å². The minimum absolute atomic E-state index is 0.193. The predicted octanol–water partition coefficient (Wildman–Crippen LogP) is 4.77. The summed E-state index contributed by atoms with van der Waals surface area (Å²) in [6.45, 7) is 0. The number of benzene rings is 3. The van der Waals surface area contributed by atoms with E-state index in [9.17, 15) is 9.59 Å². The van der Waals surface area contributed by atoms with Gasteiger partial charge in [0, 0.05) is 17.0 Å². The molecule has 0 aliphatic heterocycles. The molecule has 6 nitrogen and oxygen atoms in total. The van der Waals surface area contributed by atoms with Crippen LogP contribution in [0.1, 0.15) is 11.1 Å². The monoisotopic (exact) mass is 476 g/mol. The van der Waals surface area contributed by atoms with Gasteiger partial charge in [0.25, 0.3) is 0 Å². The van der Waals surface area contributed by atoms with E-state index in [0.29, 0.717) is 21.6 Å². The highest BCUT2D eigenvalue weighted by molar-refractivity contribution is 7.18. The van der Waals surface area contributed by atoms with Crippen LogP contribution >= 0.6 is 22.9 Å². The summed E-state index contributed by atoms with van der Waals surface area (Å²) in [7, 11) is 0. The number of hydrogen-bond donors (Lipinski definition) is 2. The summed E-state index contributed by atoms with van der Waals surface area (Å²) in [4.78, 5) is 25.8. The summed E-state index contributed by atoms with van der Waals surface area (Å²) >= 11 is 7.20. The average Bonchev–Trinajstić information content (AvgIpc) is 3.29. The van der Waals surface area contributed by atoms with Crippen molar-refractivity contribution in [1.29, 1.82) is 0 Å². The van der Waals surface area contributed by atoms with Crippen LogP contribution in [-0.4, -0.2) is 28.1 Å². The molecule has 0 saturated heterocycles. The van der Waals surface area contributed by atoms with Crippen LogP contribution in [0, 0.1) is 0 Å². The second kappa shape index (κ2) is 10.8. The van der Waals surface area contributed by atoms with Crippen molar-refractivity contribution in [3.8, 4) is 10.6 Å². The molecule has 0 bridgehead atoms. The lowest BCUT2D eigenvalue weighted by Gasteiger charge is -2.18. The first-order valence-corrected chi connectivity index (χ1v) is 11.5. The van der Waals surface area contributed by atoms with Crippen molar-refractivity contribution < 1.29 is 9.59 Å². The third kappa shape index (κ3) is 6.47. The van der Waals surface area contributed by atoms with Gasteiger partial charge in [-0.3, -0.25) is 14.9 Å². The van der Waals surface area contributed by atoms with E-state index in [4.69, 9.17) is 11.6 Å². The fourth-order valence-corrected chi connectivity index (χ4v) is 4.14. The second-order valence-electron chi connectivity index (χ2n) is 7.38. The number of nitrogens with one attached hydrogen (secondary N) is 2. The minimum atomic E-state index is -0.758. The molecule has 2 N–H and O–H groups in total. The van der Waals surface area contributed by atoms with Gasteiger partial charge in [0.05, 0.1) is 6.42 Å². The fraction of sp³-hybridized carbons (Fsp3) is 0.120. The Hall–Kier alpha value is -3.55. The van der Waals surface area contributed by atoms with Crippen molar-refractivity contribution in [2.75, 3.05) is 5.32 Å². The van der Waals surface area contributed by atoms with Gasteiger partial charge in [-0.15, -0.1) is 10.2 Å². The molecule has 0 aliphatic carbocycles. The molecule has 33 heavy (non-hydrogen) atoms. The van der Waals surface area contributed by atoms with E-state index >= 15 is 0 Å². The lowest BCUT2D eigenvalue weighted by molar-refractivity contribution is -0.126. The maximum absolute atomic E-state index is 13.1. The van der Waals surface area contributed by atoms with Gasteiger partial charge in [-0.05, 0) is 23.3 Å². The van der Waals surface area contributed by atoms with Gasteiger partial charge in [0.15, 0.2) is 0 Å². The van der Waals surface area contributed by atoms with E-state index in [2.05, 4.69) is 20.8 Å².